The second kappa shape index (κ2) is 4.56. The highest BCUT2D eigenvalue weighted by atomic mass is 79.9. The lowest BCUT2D eigenvalue weighted by molar-refractivity contribution is 0.520. The van der Waals surface area contributed by atoms with Crippen LogP contribution in [0.1, 0.15) is 17.4 Å². The molecule has 88 valence electrons. The SMILES string of the molecule is CC1Cc2sc(-c3ccccc3Br)cc2CN1. The average molecular weight is 308 g/mol. The fourth-order valence-electron chi connectivity index (χ4n) is 2.22. The third-order valence-electron chi connectivity index (χ3n) is 3.17. The Kier molecular flexibility index (Phi) is 3.07. The predicted octanol–water partition coefficient (Wildman–Crippen LogP) is 4.21. The summed E-state index contributed by atoms with van der Waals surface area (Å²) in [7, 11) is 0. The Balaban J connectivity index is 2.03. The summed E-state index contributed by atoms with van der Waals surface area (Å²) in [6, 6.07) is 11.4. The summed E-state index contributed by atoms with van der Waals surface area (Å²) in [5.74, 6) is 0. The topological polar surface area (TPSA) is 12.0 Å². The van der Waals surface area contributed by atoms with Crippen molar-refractivity contribution in [3.8, 4) is 10.4 Å². The fourth-order valence-corrected chi connectivity index (χ4v) is 4.20. The molecule has 1 N–H and O–H groups in total. The van der Waals surface area contributed by atoms with Gasteiger partial charge < -0.3 is 5.32 Å². The van der Waals surface area contributed by atoms with Crippen LogP contribution in [-0.2, 0) is 13.0 Å². The standard InChI is InChI=1S/C14H14BrNS/c1-9-6-13-10(8-16-9)7-14(17-13)11-4-2-3-5-12(11)15/h2-5,7,9,16H,6,8H2,1H3. The molecule has 3 rings (SSSR count). The molecule has 1 aliphatic rings. The molecular weight excluding hydrogens is 294 g/mol. The molecule has 1 nitrogen and oxygen atoms in total. The highest BCUT2D eigenvalue weighted by Crippen LogP contribution is 2.37. The number of hydrogen-bond acceptors (Lipinski definition) is 2. The van der Waals surface area contributed by atoms with Crippen molar-refractivity contribution in [3.05, 3.63) is 45.2 Å². The molecule has 3 heteroatoms. The van der Waals surface area contributed by atoms with Crippen molar-refractivity contribution in [2.45, 2.75) is 25.9 Å². The van der Waals surface area contributed by atoms with Crippen molar-refractivity contribution in [2.75, 3.05) is 0 Å². The molecule has 0 fully saturated rings. The molecule has 2 heterocycles. The first-order valence-electron chi connectivity index (χ1n) is 5.84. The maximum Gasteiger partial charge on any atom is 0.0360 e. The quantitative estimate of drug-likeness (QED) is 0.832. The predicted molar refractivity (Wildman–Crippen MR) is 77.5 cm³/mol. The van der Waals surface area contributed by atoms with Crippen LogP contribution in [0.2, 0.25) is 0 Å². The van der Waals surface area contributed by atoms with Crippen LogP contribution < -0.4 is 5.32 Å². The van der Waals surface area contributed by atoms with E-state index in [4.69, 9.17) is 0 Å². The van der Waals surface area contributed by atoms with E-state index >= 15 is 0 Å². The second-order valence-electron chi connectivity index (χ2n) is 4.52. The van der Waals surface area contributed by atoms with E-state index in [9.17, 15) is 0 Å². The van der Waals surface area contributed by atoms with Crippen molar-refractivity contribution in [3.63, 3.8) is 0 Å². The highest BCUT2D eigenvalue weighted by Gasteiger charge is 2.18. The summed E-state index contributed by atoms with van der Waals surface area (Å²) < 4.78 is 1.18. The van der Waals surface area contributed by atoms with Crippen molar-refractivity contribution >= 4 is 27.3 Å². The van der Waals surface area contributed by atoms with E-state index in [1.54, 1.807) is 4.88 Å². The molecule has 0 saturated heterocycles. The lowest BCUT2D eigenvalue weighted by Crippen LogP contribution is -2.31. The fraction of sp³-hybridized carbons (Fsp3) is 0.286. The van der Waals surface area contributed by atoms with Crippen molar-refractivity contribution < 1.29 is 0 Å². The lowest BCUT2D eigenvalue weighted by Gasteiger charge is -2.19. The summed E-state index contributed by atoms with van der Waals surface area (Å²) in [6.07, 6.45) is 1.16. The van der Waals surface area contributed by atoms with Gasteiger partial charge in [0.1, 0.15) is 0 Å². The van der Waals surface area contributed by atoms with Gasteiger partial charge >= 0.3 is 0 Å². The van der Waals surface area contributed by atoms with E-state index in [1.165, 1.54) is 20.5 Å². The van der Waals surface area contributed by atoms with Gasteiger partial charge in [0.05, 0.1) is 0 Å². The molecule has 1 atom stereocenters. The van der Waals surface area contributed by atoms with Gasteiger partial charge in [-0.15, -0.1) is 11.3 Å². The van der Waals surface area contributed by atoms with Gasteiger partial charge in [0.25, 0.3) is 0 Å². The van der Waals surface area contributed by atoms with Crippen LogP contribution >= 0.6 is 27.3 Å². The smallest absolute Gasteiger partial charge is 0.0360 e. The van der Waals surface area contributed by atoms with Crippen LogP contribution in [0.4, 0.5) is 0 Å². The summed E-state index contributed by atoms with van der Waals surface area (Å²) >= 11 is 5.57. The van der Waals surface area contributed by atoms with Gasteiger partial charge in [-0.3, -0.25) is 0 Å². The number of rotatable bonds is 1. The Morgan fingerprint density at radius 1 is 1.35 bits per heavy atom. The van der Waals surface area contributed by atoms with Crippen LogP contribution in [0.15, 0.2) is 34.8 Å². The number of benzene rings is 1. The number of fused-ring (bicyclic) bond motifs is 1. The summed E-state index contributed by atoms with van der Waals surface area (Å²) in [5, 5.41) is 3.51. The van der Waals surface area contributed by atoms with Gasteiger partial charge in [-0.25, -0.2) is 0 Å². The van der Waals surface area contributed by atoms with E-state index in [0.717, 1.165) is 13.0 Å². The first kappa shape index (κ1) is 11.5. The van der Waals surface area contributed by atoms with E-state index < -0.39 is 0 Å². The number of hydrogen-bond donors (Lipinski definition) is 1. The Labute approximate surface area is 114 Å². The van der Waals surface area contributed by atoms with Gasteiger partial charge in [0.2, 0.25) is 0 Å². The first-order chi connectivity index (χ1) is 8.24. The molecular formula is C14H14BrNS. The van der Waals surface area contributed by atoms with Crippen molar-refractivity contribution in [2.24, 2.45) is 0 Å². The first-order valence-corrected chi connectivity index (χ1v) is 7.45. The Bertz CT molecular complexity index is 547. The molecule has 0 spiro atoms. The van der Waals surface area contributed by atoms with E-state index in [1.807, 2.05) is 11.3 Å². The third kappa shape index (κ3) is 2.19. The molecule has 1 aromatic carbocycles. The van der Waals surface area contributed by atoms with Gasteiger partial charge in [-0.1, -0.05) is 34.1 Å². The van der Waals surface area contributed by atoms with Gasteiger partial charge in [0, 0.05) is 32.4 Å². The number of halogens is 1. The zero-order chi connectivity index (χ0) is 11.8. The molecule has 1 aliphatic heterocycles. The van der Waals surface area contributed by atoms with Crippen LogP contribution in [0.3, 0.4) is 0 Å². The summed E-state index contributed by atoms with van der Waals surface area (Å²) in [5.41, 5.74) is 2.78. The molecule has 17 heavy (non-hydrogen) atoms. The minimum atomic E-state index is 0.605. The molecule has 0 radical (unpaired) electrons. The van der Waals surface area contributed by atoms with Gasteiger partial charge in [0.15, 0.2) is 0 Å². The van der Waals surface area contributed by atoms with Crippen LogP contribution in [0, 0.1) is 0 Å². The Morgan fingerprint density at radius 2 is 2.18 bits per heavy atom. The van der Waals surface area contributed by atoms with Gasteiger partial charge in [-0.05, 0) is 31.0 Å². The second-order valence-corrected chi connectivity index (χ2v) is 6.52. The molecule has 0 saturated carbocycles. The lowest BCUT2D eigenvalue weighted by atomic mass is 10.1. The number of nitrogens with one attached hydrogen (secondary N) is 1. The Morgan fingerprint density at radius 3 is 3.00 bits per heavy atom. The maximum absolute atomic E-state index is 3.63. The maximum atomic E-state index is 3.63. The van der Waals surface area contributed by atoms with Gasteiger partial charge in [-0.2, -0.15) is 0 Å². The molecule has 1 unspecified atom stereocenters. The monoisotopic (exact) mass is 307 g/mol. The largest absolute Gasteiger partial charge is 0.310 e. The molecule has 0 bridgehead atoms. The van der Waals surface area contributed by atoms with Crippen molar-refractivity contribution in [1.29, 1.82) is 0 Å². The molecule has 0 amide bonds. The molecule has 2 aromatic rings. The van der Waals surface area contributed by atoms with E-state index in [0.29, 0.717) is 6.04 Å². The van der Waals surface area contributed by atoms with E-state index in [2.05, 4.69) is 58.5 Å². The zero-order valence-corrected chi connectivity index (χ0v) is 12.1. The van der Waals surface area contributed by atoms with E-state index in [-0.39, 0.29) is 0 Å². The number of thiophene rings is 1. The third-order valence-corrected chi connectivity index (χ3v) is 5.09. The van der Waals surface area contributed by atoms with Crippen LogP contribution in [0.25, 0.3) is 10.4 Å². The minimum absolute atomic E-state index is 0.605. The minimum Gasteiger partial charge on any atom is -0.310 e. The normalized spacial score (nSPS) is 19.1. The molecule has 1 aromatic heterocycles. The average Bonchev–Trinajstić information content (AvgIpc) is 2.72. The van der Waals surface area contributed by atoms with Crippen molar-refractivity contribution in [1.82, 2.24) is 5.32 Å². The van der Waals surface area contributed by atoms with Crippen LogP contribution in [0.5, 0.6) is 0 Å². The van der Waals surface area contributed by atoms with Crippen LogP contribution in [-0.4, -0.2) is 6.04 Å². The zero-order valence-electron chi connectivity index (χ0n) is 9.66. The highest BCUT2D eigenvalue weighted by molar-refractivity contribution is 9.10. The summed E-state index contributed by atoms with van der Waals surface area (Å²) in [4.78, 5) is 2.92. The Hall–Kier alpha value is -0.640. The summed E-state index contributed by atoms with van der Waals surface area (Å²) in [6.45, 7) is 3.26. The molecule has 0 aliphatic carbocycles.